The number of ether oxygens (including phenoxy) is 2. The Labute approximate surface area is 205 Å². The molecule has 1 saturated carbocycles. The highest BCUT2D eigenvalue weighted by Gasteiger charge is 2.36. The summed E-state index contributed by atoms with van der Waals surface area (Å²) in [7, 11) is -3.94. The first-order valence-corrected chi connectivity index (χ1v) is 14.1. The van der Waals surface area contributed by atoms with Crippen molar-refractivity contribution in [2.75, 3.05) is 19.8 Å². The van der Waals surface area contributed by atoms with E-state index < -0.39 is 21.4 Å². The zero-order chi connectivity index (χ0) is 24.4. The van der Waals surface area contributed by atoms with Crippen LogP contribution in [0.15, 0.2) is 35.6 Å². The van der Waals surface area contributed by atoms with Crippen LogP contribution in [0.2, 0.25) is 0 Å². The summed E-state index contributed by atoms with van der Waals surface area (Å²) in [5.74, 6) is -0.926. The summed E-state index contributed by atoms with van der Waals surface area (Å²) in [6.45, 7) is 2.40. The van der Waals surface area contributed by atoms with Crippen LogP contribution in [-0.2, 0) is 42.9 Å². The van der Waals surface area contributed by atoms with Gasteiger partial charge in [-0.3, -0.25) is 4.79 Å². The van der Waals surface area contributed by atoms with Gasteiger partial charge in [0.15, 0.2) is 0 Å². The number of hydrogen-bond donors (Lipinski definition) is 0. The molecule has 5 rings (SSSR count). The van der Waals surface area contributed by atoms with Gasteiger partial charge in [0.1, 0.15) is 5.82 Å². The molecule has 0 N–H and O–H groups in total. The fourth-order valence-corrected chi connectivity index (χ4v) is 6.40. The highest BCUT2D eigenvalue weighted by atomic mass is 32.2. The van der Waals surface area contributed by atoms with E-state index in [0.717, 1.165) is 38.5 Å². The van der Waals surface area contributed by atoms with Crippen molar-refractivity contribution in [2.24, 2.45) is 5.92 Å². The average molecular weight is 506 g/mol. The number of imidazole rings is 1. The quantitative estimate of drug-likeness (QED) is 0.493. The van der Waals surface area contributed by atoms with Crippen molar-refractivity contribution >= 4 is 15.7 Å². The zero-order valence-electron chi connectivity index (χ0n) is 19.8. The monoisotopic (exact) mass is 505 g/mol. The molecule has 2 atom stereocenters. The molecule has 0 radical (unpaired) electrons. The Hall–Kier alpha value is -2.30. The fourth-order valence-electron chi connectivity index (χ4n) is 4.89. The van der Waals surface area contributed by atoms with Gasteiger partial charge in [-0.05, 0) is 44.6 Å². The van der Waals surface area contributed by atoms with Crippen molar-refractivity contribution in [1.29, 1.82) is 0 Å². The van der Waals surface area contributed by atoms with Crippen LogP contribution < -0.4 is 0 Å². The van der Waals surface area contributed by atoms with E-state index in [-0.39, 0.29) is 41.3 Å². The Bertz CT molecular complexity index is 1150. The molecule has 3 heterocycles. The summed E-state index contributed by atoms with van der Waals surface area (Å²) < 4.78 is 54.2. The molecular weight excluding hydrogens is 473 g/mol. The fraction of sp³-hybridized carbons (Fsp3) is 0.600. The molecule has 1 aromatic carbocycles. The summed E-state index contributed by atoms with van der Waals surface area (Å²) in [5, 5.41) is -0.109. The molecule has 10 heteroatoms. The molecule has 1 aliphatic carbocycles. The number of rotatable bonds is 10. The van der Waals surface area contributed by atoms with Gasteiger partial charge in [-0.2, -0.15) is 0 Å². The lowest BCUT2D eigenvalue weighted by atomic mass is 10.2. The number of benzene rings is 1. The molecule has 0 spiro atoms. The topological polar surface area (TPSA) is 90.7 Å². The number of carbonyl (C=O) groups is 1. The van der Waals surface area contributed by atoms with E-state index in [1.807, 2.05) is 0 Å². The van der Waals surface area contributed by atoms with Crippen LogP contribution in [-0.4, -0.2) is 60.7 Å². The van der Waals surface area contributed by atoms with Crippen molar-refractivity contribution in [3.05, 3.63) is 47.5 Å². The Morgan fingerprint density at radius 2 is 1.80 bits per heavy atom. The minimum atomic E-state index is -3.94. The van der Waals surface area contributed by atoms with Gasteiger partial charge in [0, 0.05) is 31.2 Å². The normalized spacial score (nSPS) is 22.5. The molecule has 0 unspecified atom stereocenters. The minimum Gasteiger partial charge on any atom is -0.376 e. The summed E-state index contributed by atoms with van der Waals surface area (Å²) in [5.41, 5.74) is 0.740. The zero-order valence-corrected chi connectivity index (χ0v) is 20.6. The van der Waals surface area contributed by atoms with E-state index in [1.165, 1.54) is 24.4 Å². The van der Waals surface area contributed by atoms with E-state index in [0.29, 0.717) is 32.0 Å². The van der Waals surface area contributed by atoms with Gasteiger partial charge in [-0.1, -0.05) is 18.2 Å². The predicted molar refractivity (Wildman–Crippen MR) is 126 cm³/mol. The van der Waals surface area contributed by atoms with E-state index in [2.05, 4.69) is 4.98 Å². The van der Waals surface area contributed by atoms with Crippen molar-refractivity contribution in [1.82, 2.24) is 14.5 Å². The number of carbonyl (C=O) groups excluding carboxylic acids is 1. The maximum atomic E-state index is 14.2. The lowest BCUT2D eigenvalue weighted by Gasteiger charge is -2.26. The van der Waals surface area contributed by atoms with E-state index >= 15 is 0 Å². The lowest BCUT2D eigenvalue weighted by Crippen LogP contribution is -2.38. The van der Waals surface area contributed by atoms with Gasteiger partial charge in [-0.15, -0.1) is 0 Å². The van der Waals surface area contributed by atoms with Crippen molar-refractivity contribution in [3.63, 3.8) is 0 Å². The number of sulfone groups is 1. The number of aromatic nitrogens is 2. The average Bonchev–Trinajstić information content (AvgIpc) is 3.18. The van der Waals surface area contributed by atoms with Gasteiger partial charge in [0.25, 0.3) is 0 Å². The van der Waals surface area contributed by atoms with Crippen LogP contribution in [0.4, 0.5) is 4.39 Å². The molecule has 2 saturated heterocycles. The van der Waals surface area contributed by atoms with Crippen LogP contribution in [0.25, 0.3) is 0 Å². The largest absolute Gasteiger partial charge is 0.376 e. The smallest absolute Gasteiger partial charge is 0.228 e. The molecule has 3 fully saturated rings. The van der Waals surface area contributed by atoms with Crippen molar-refractivity contribution < 1.29 is 27.1 Å². The van der Waals surface area contributed by atoms with E-state index in [4.69, 9.17) is 9.47 Å². The minimum absolute atomic E-state index is 0.00324. The van der Waals surface area contributed by atoms with Crippen LogP contribution in [0, 0.1) is 11.7 Å². The molecule has 35 heavy (non-hydrogen) atoms. The molecule has 8 nitrogen and oxygen atoms in total. The lowest BCUT2D eigenvalue weighted by molar-refractivity contribution is -0.134. The summed E-state index contributed by atoms with van der Waals surface area (Å²) >= 11 is 0. The van der Waals surface area contributed by atoms with Crippen molar-refractivity contribution in [3.8, 4) is 0 Å². The third-order valence-electron chi connectivity index (χ3n) is 6.93. The number of halogens is 1. The first kappa shape index (κ1) is 24.4. The van der Waals surface area contributed by atoms with Crippen LogP contribution in [0.5, 0.6) is 0 Å². The maximum Gasteiger partial charge on any atom is 0.228 e. The molecule has 2 aliphatic heterocycles. The first-order chi connectivity index (χ1) is 16.9. The van der Waals surface area contributed by atoms with Gasteiger partial charge in [0.05, 0.1) is 42.9 Å². The Balaban J connectivity index is 1.44. The van der Waals surface area contributed by atoms with E-state index in [1.54, 1.807) is 15.5 Å². The SMILES string of the molecule is O=C(C1CC1)N(Cc1cnc(S(=O)(=O)Cc2ccccc2F)n1C[C@@H]1CCCO1)C[C@@H]1CCCO1. The van der Waals surface area contributed by atoms with Crippen LogP contribution >= 0.6 is 0 Å². The second kappa shape index (κ2) is 10.4. The summed E-state index contributed by atoms with van der Waals surface area (Å²) in [4.78, 5) is 19.2. The molecule has 190 valence electrons. The molecule has 1 aromatic heterocycles. The van der Waals surface area contributed by atoms with Gasteiger partial charge >= 0.3 is 0 Å². The number of nitrogens with zero attached hydrogens (tertiary/aromatic N) is 3. The van der Waals surface area contributed by atoms with Gasteiger partial charge in [0.2, 0.25) is 20.9 Å². The molecule has 0 bridgehead atoms. The summed E-state index contributed by atoms with van der Waals surface area (Å²) in [6.07, 6.45) is 6.80. The highest BCUT2D eigenvalue weighted by molar-refractivity contribution is 7.90. The summed E-state index contributed by atoms with van der Waals surface area (Å²) in [6, 6.07) is 5.87. The second-order valence-electron chi connectivity index (χ2n) is 9.76. The van der Waals surface area contributed by atoms with Crippen LogP contribution in [0.1, 0.15) is 49.8 Å². The molecular formula is C25H32FN3O5S. The number of amides is 1. The van der Waals surface area contributed by atoms with Crippen molar-refractivity contribution in [2.45, 2.75) is 74.7 Å². The Morgan fingerprint density at radius 3 is 2.46 bits per heavy atom. The third-order valence-corrected chi connectivity index (χ3v) is 8.51. The Morgan fingerprint density at radius 1 is 1.09 bits per heavy atom. The predicted octanol–water partition coefficient (Wildman–Crippen LogP) is 3.09. The third kappa shape index (κ3) is 5.76. The molecule has 2 aromatic rings. The van der Waals surface area contributed by atoms with E-state index in [9.17, 15) is 17.6 Å². The van der Waals surface area contributed by atoms with Gasteiger partial charge in [-0.25, -0.2) is 17.8 Å². The number of hydrogen-bond acceptors (Lipinski definition) is 6. The maximum absolute atomic E-state index is 14.2. The Kier molecular flexibility index (Phi) is 7.22. The van der Waals surface area contributed by atoms with Gasteiger partial charge < -0.3 is 18.9 Å². The van der Waals surface area contributed by atoms with Crippen LogP contribution in [0.3, 0.4) is 0 Å². The first-order valence-electron chi connectivity index (χ1n) is 12.4. The standard InChI is InChI=1S/C25H32FN3O5S/c26-23-8-2-1-5-19(23)17-35(31,32)25-27-13-20(29(25)16-22-7-4-12-34-22)14-28(24(30)18-9-10-18)15-21-6-3-11-33-21/h1-2,5,8,13,18,21-22H,3-4,6-7,9-12,14-17H2/t21-,22-/m0/s1. The second-order valence-corrected chi connectivity index (χ2v) is 11.6. The molecule has 1 amide bonds. The highest BCUT2D eigenvalue weighted by Crippen LogP contribution is 2.32. The molecule has 3 aliphatic rings.